The Hall–Kier alpha value is -3.24. The van der Waals surface area contributed by atoms with E-state index < -0.39 is 16.1 Å². The Morgan fingerprint density at radius 1 is 0.929 bits per heavy atom. The quantitative estimate of drug-likeness (QED) is 0.272. The highest BCUT2D eigenvalue weighted by atomic mass is 35.5. The number of nitrogens with zero attached hydrogens (tertiary/aromatic N) is 2. The maximum atomic E-state index is 13.8. The molecule has 42 heavy (non-hydrogen) atoms. The second kappa shape index (κ2) is 15.3. The molecule has 1 N–H and O–H groups in total. The number of rotatable bonds is 14. The van der Waals surface area contributed by atoms with Gasteiger partial charge in [0.25, 0.3) is 0 Å². The molecule has 10 heteroatoms. The zero-order chi connectivity index (χ0) is 30.0. The minimum absolute atomic E-state index is 0.155. The van der Waals surface area contributed by atoms with Crippen LogP contribution in [-0.4, -0.2) is 68.8 Å². The highest BCUT2D eigenvalue weighted by Crippen LogP contribution is 2.22. The lowest BCUT2D eigenvalue weighted by atomic mass is 10.0. The van der Waals surface area contributed by atoms with Crippen LogP contribution in [0.1, 0.15) is 36.0 Å². The maximum absolute atomic E-state index is 13.8. The fourth-order valence-corrected chi connectivity index (χ4v) is 6.68. The van der Waals surface area contributed by atoms with Crippen molar-refractivity contribution in [2.24, 2.45) is 0 Å². The average molecular weight is 612 g/mol. The summed E-state index contributed by atoms with van der Waals surface area (Å²) in [6.45, 7) is 2.02. The van der Waals surface area contributed by atoms with Gasteiger partial charge in [0.15, 0.2) is 0 Å². The van der Waals surface area contributed by atoms with Crippen LogP contribution < -0.4 is 5.32 Å². The van der Waals surface area contributed by atoms with Gasteiger partial charge in [0.05, 0.1) is 11.5 Å². The molecule has 1 heterocycles. The van der Waals surface area contributed by atoms with Crippen LogP contribution in [0, 0.1) is 0 Å². The lowest BCUT2D eigenvalue weighted by Gasteiger charge is -2.31. The van der Waals surface area contributed by atoms with E-state index >= 15 is 0 Å². The van der Waals surface area contributed by atoms with Crippen molar-refractivity contribution in [3.8, 4) is 0 Å². The van der Waals surface area contributed by atoms with Crippen molar-refractivity contribution in [3.05, 3.63) is 101 Å². The van der Waals surface area contributed by atoms with Gasteiger partial charge in [0, 0.05) is 51.2 Å². The van der Waals surface area contributed by atoms with Crippen LogP contribution in [-0.2, 0) is 43.7 Å². The van der Waals surface area contributed by atoms with Crippen LogP contribution in [0.2, 0.25) is 5.02 Å². The van der Waals surface area contributed by atoms with Crippen molar-refractivity contribution in [3.63, 3.8) is 0 Å². The normalized spacial score (nSPS) is 14.4. The van der Waals surface area contributed by atoms with Crippen molar-refractivity contribution >= 4 is 33.4 Å². The van der Waals surface area contributed by atoms with Crippen LogP contribution in [0.25, 0.3) is 0 Å². The van der Waals surface area contributed by atoms with Crippen LogP contribution in [0.4, 0.5) is 0 Å². The van der Waals surface area contributed by atoms with E-state index in [0.29, 0.717) is 44.1 Å². The smallest absolute Gasteiger partial charge is 0.243 e. The molecule has 0 bridgehead atoms. The van der Waals surface area contributed by atoms with Gasteiger partial charge in [-0.15, -0.1) is 0 Å². The number of hydrogen-bond acceptors (Lipinski definition) is 5. The third-order valence-electron chi connectivity index (χ3n) is 7.40. The molecule has 1 saturated heterocycles. The number of halogens is 1. The van der Waals surface area contributed by atoms with Gasteiger partial charge in [-0.05, 0) is 60.2 Å². The second-order valence-corrected chi connectivity index (χ2v) is 12.8. The molecule has 1 aliphatic rings. The Bertz CT molecular complexity index is 1410. The van der Waals surface area contributed by atoms with Crippen LogP contribution >= 0.6 is 11.6 Å². The zero-order valence-corrected chi connectivity index (χ0v) is 25.4. The molecule has 0 aliphatic carbocycles. The molecule has 1 atom stereocenters. The van der Waals surface area contributed by atoms with Crippen LogP contribution in [0.3, 0.4) is 0 Å². The van der Waals surface area contributed by atoms with Gasteiger partial charge in [0.2, 0.25) is 21.8 Å². The molecule has 224 valence electrons. The summed E-state index contributed by atoms with van der Waals surface area (Å²) >= 11 is 6.10. The summed E-state index contributed by atoms with van der Waals surface area (Å²) in [7, 11) is -1.93. The number of methoxy groups -OCH3 is 1. The van der Waals surface area contributed by atoms with Crippen LogP contribution in [0.15, 0.2) is 83.8 Å². The summed E-state index contributed by atoms with van der Waals surface area (Å²) in [5, 5.41) is 3.50. The Morgan fingerprint density at radius 3 is 2.21 bits per heavy atom. The molecule has 0 spiro atoms. The van der Waals surface area contributed by atoms with E-state index in [4.69, 9.17) is 16.3 Å². The monoisotopic (exact) mass is 611 g/mol. The number of ether oxygens (including phenoxy) is 1. The zero-order valence-electron chi connectivity index (χ0n) is 23.9. The number of sulfonamides is 1. The Balaban J connectivity index is 1.54. The van der Waals surface area contributed by atoms with Crippen molar-refractivity contribution in [2.75, 3.05) is 33.4 Å². The first-order chi connectivity index (χ1) is 20.3. The number of amides is 2. The molecule has 0 saturated carbocycles. The molecule has 0 radical (unpaired) electrons. The lowest BCUT2D eigenvalue weighted by Crippen LogP contribution is -2.51. The van der Waals surface area contributed by atoms with Crippen molar-refractivity contribution in [1.29, 1.82) is 0 Å². The van der Waals surface area contributed by atoms with E-state index in [0.717, 1.165) is 29.5 Å². The Kier molecular flexibility index (Phi) is 11.5. The summed E-state index contributed by atoms with van der Waals surface area (Å²) in [5.74, 6) is -0.434. The van der Waals surface area contributed by atoms with Gasteiger partial charge >= 0.3 is 0 Å². The molecule has 2 amide bonds. The molecular weight excluding hydrogens is 574 g/mol. The highest BCUT2D eigenvalue weighted by molar-refractivity contribution is 7.89. The predicted octanol–water partition coefficient (Wildman–Crippen LogP) is 4.46. The number of nitrogens with one attached hydrogen (secondary N) is 1. The van der Waals surface area contributed by atoms with Gasteiger partial charge in [-0.3, -0.25) is 9.59 Å². The molecule has 3 aromatic rings. The van der Waals surface area contributed by atoms with Gasteiger partial charge < -0.3 is 15.0 Å². The maximum Gasteiger partial charge on any atom is 0.243 e. The Morgan fingerprint density at radius 2 is 1.57 bits per heavy atom. The first-order valence-electron chi connectivity index (χ1n) is 14.2. The molecule has 0 unspecified atom stereocenters. The average Bonchev–Trinajstić information content (AvgIpc) is 3.56. The highest BCUT2D eigenvalue weighted by Gasteiger charge is 2.30. The predicted molar refractivity (Wildman–Crippen MR) is 164 cm³/mol. The number of hydrogen-bond donors (Lipinski definition) is 1. The molecule has 8 nitrogen and oxygen atoms in total. The molecule has 4 rings (SSSR count). The van der Waals surface area contributed by atoms with E-state index in [1.807, 2.05) is 42.5 Å². The molecule has 1 aliphatic heterocycles. The second-order valence-electron chi connectivity index (χ2n) is 10.4. The molecular formula is C32H38ClN3O5S. The molecule has 1 fully saturated rings. The SMILES string of the molecule is COCCNC(=O)[C@@H](Cc1ccccc1)N(Cc1ccc(Cl)cc1)C(=O)CCc1ccc(S(=O)(=O)N2CCCC2)cc1. The number of carbonyl (C=O) groups excluding carboxylic acids is 2. The summed E-state index contributed by atoms with van der Waals surface area (Å²) in [6, 6.07) is 22.9. The first-order valence-corrected chi connectivity index (χ1v) is 16.0. The first kappa shape index (κ1) is 31.7. The van der Waals surface area contributed by atoms with Crippen LogP contribution in [0.5, 0.6) is 0 Å². The summed E-state index contributed by atoms with van der Waals surface area (Å²) in [6.07, 6.45) is 2.66. The van der Waals surface area contributed by atoms with Gasteiger partial charge in [-0.25, -0.2) is 8.42 Å². The van der Waals surface area contributed by atoms with Crippen molar-refractivity contribution < 1.29 is 22.7 Å². The van der Waals surface area contributed by atoms with Gasteiger partial charge in [0.1, 0.15) is 6.04 Å². The van der Waals surface area contributed by atoms with E-state index in [9.17, 15) is 18.0 Å². The molecule has 0 aromatic heterocycles. The van der Waals surface area contributed by atoms with E-state index in [-0.39, 0.29) is 29.7 Å². The topological polar surface area (TPSA) is 96.0 Å². The van der Waals surface area contributed by atoms with E-state index in [1.165, 1.54) is 4.31 Å². The summed E-state index contributed by atoms with van der Waals surface area (Å²) < 4.78 is 32.4. The minimum atomic E-state index is -3.50. The number of benzene rings is 3. The van der Waals surface area contributed by atoms with E-state index in [1.54, 1.807) is 48.4 Å². The number of aryl methyl sites for hydroxylation is 1. The standard InChI is InChI=1S/C32H38ClN3O5S/c1-41-22-19-34-32(38)30(23-26-7-3-2-4-8-26)36(24-27-9-14-28(33)15-10-27)31(37)18-13-25-11-16-29(17-12-25)42(39,40)35-20-5-6-21-35/h2-4,7-12,14-17,30H,5-6,13,18-24H2,1H3,(H,34,38)/t30-/m1/s1. The number of carbonyl (C=O) groups is 2. The Labute approximate surface area is 253 Å². The minimum Gasteiger partial charge on any atom is -0.383 e. The largest absolute Gasteiger partial charge is 0.383 e. The van der Waals surface area contributed by atoms with E-state index in [2.05, 4.69) is 5.32 Å². The fourth-order valence-electron chi connectivity index (χ4n) is 5.04. The van der Waals surface area contributed by atoms with Gasteiger partial charge in [-0.2, -0.15) is 4.31 Å². The molecule has 3 aromatic carbocycles. The third-order valence-corrected chi connectivity index (χ3v) is 9.56. The fraction of sp³-hybridized carbons (Fsp3) is 0.375. The summed E-state index contributed by atoms with van der Waals surface area (Å²) in [4.78, 5) is 29.2. The van der Waals surface area contributed by atoms with Crippen molar-refractivity contribution in [1.82, 2.24) is 14.5 Å². The van der Waals surface area contributed by atoms with Gasteiger partial charge in [-0.1, -0.05) is 66.2 Å². The summed E-state index contributed by atoms with van der Waals surface area (Å²) in [5.41, 5.74) is 2.64. The third kappa shape index (κ3) is 8.64. The van der Waals surface area contributed by atoms with Crippen molar-refractivity contribution in [2.45, 2.75) is 49.6 Å². The lowest BCUT2D eigenvalue weighted by molar-refractivity contribution is -0.141.